The Bertz CT molecular complexity index is 580. The van der Waals surface area contributed by atoms with Gasteiger partial charge in [0, 0.05) is 24.7 Å². The lowest BCUT2D eigenvalue weighted by Crippen LogP contribution is -2.46. The van der Waals surface area contributed by atoms with E-state index in [0.29, 0.717) is 43.9 Å². The molecule has 1 aromatic rings. The summed E-state index contributed by atoms with van der Waals surface area (Å²) in [6, 6.07) is 1.78. The van der Waals surface area contributed by atoms with Crippen molar-refractivity contribution < 1.29 is 17.6 Å². The van der Waals surface area contributed by atoms with Crippen LogP contribution in [0.3, 0.4) is 0 Å². The topological polar surface area (TPSA) is 71.8 Å². The van der Waals surface area contributed by atoms with Gasteiger partial charge in [0.25, 0.3) is 0 Å². The summed E-state index contributed by atoms with van der Waals surface area (Å²) < 4.78 is 37.9. The third-order valence-electron chi connectivity index (χ3n) is 3.50. The molecule has 1 unspecified atom stereocenters. The Morgan fingerprint density at radius 2 is 2.19 bits per heavy atom. The summed E-state index contributed by atoms with van der Waals surface area (Å²) in [5.41, 5.74) is 0. The highest BCUT2D eigenvalue weighted by molar-refractivity contribution is 7.89. The van der Waals surface area contributed by atoms with Crippen LogP contribution in [0.15, 0.2) is 15.4 Å². The molecule has 1 aliphatic heterocycles. The molecule has 1 aromatic heterocycles. The van der Waals surface area contributed by atoms with Gasteiger partial charge in [-0.25, -0.2) is 8.42 Å². The molecule has 0 aliphatic carbocycles. The van der Waals surface area contributed by atoms with Gasteiger partial charge < -0.3 is 14.5 Å². The molecule has 0 bridgehead atoms. The van der Waals surface area contributed by atoms with E-state index >= 15 is 0 Å². The number of morpholine rings is 1. The van der Waals surface area contributed by atoms with E-state index in [1.165, 1.54) is 4.31 Å². The van der Waals surface area contributed by atoms with Gasteiger partial charge >= 0.3 is 0 Å². The maximum absolute atomic E-state index is 12.8. The highest BCUT2D eigenvalue weighted by atomic mass is 32.2. The number of hydrogen-bond donors (Lipinski definition) is 1. The minimum atomic E-state index is -3.53. The van der Waals surface area contributed by atoms with Crippen molar-refractivity contribution in [2.75, 3.05) is 19.8 Å². The third-order valence-corrected chi connectivity index (χ3v) is 5.62. The number of nitrogens with one attached hydrogen (secondary N) is 1. The number of ether oxygens (including phenoxy) is 1. The molecule has 120 valence electrons. The van der Waals surface area contributed by atoms with Crippen molar-refractivity contribution in [1.82, 2.24) is 9.62 Å². The van der Waals surface area contributed by atoms with Crippen LogP contribution in [0.25, 0.3) is 0 Å². The van der Waals surface area contributed by atoms with Crippen LogP contribution in [0, 0.1) is 6.92 Å². The first kappa shape index (κ1) is 16.5. The van der Waals surface area contributed by atoms with Crippen LogP contribution in [-0.4, -0.2) is 44.6 Å². The second-order valence-electron chi connectivity index (χ2n) is 5.71. The van der Waals surface area contributed by atoms with E-state index < -0.39 is 10.0 Å². The molecule has 0 saturated carbocycles. The molecule has 2 heterocycles. The summed E-state index contributed by atoms with van der Waals surface area (Å²) in [6.07, 6.45) is 0. The van der Waals surface area contributed by atoms with Crippen LogP contribution >= 0.6 is 0 Å². The normalized spacial score (nSPS) is 21.1. The molecule has 1 N–H and O–H groups in total. The fourth-order valence-electron chi connectivity index (χ4n) is 2.37. The van der Waals surface area contributed by atoms with Gasteiger partial charge in [0.05, 0.1) is 19.8 Å². The minimum absolute atomic E-state index is 0.157. The standard InChI is InChI=1S/C14H24N2O4S/c1-10(2)15-8-13-7-14(12(4)20-13)21(17,18)16-5-6-19-9-11(16)3/h7,10-11,15H,5-6,8-9H2,1-4H3. The van der Waals surface area contributed by atoms with E-state index in [9.17, 15) is 8.42 Å². The van der Waals surface area contributed by atoms with Crippen LogP contribution in [0.1, 0.15) is 32.3 Å². The smallest absolute Gasteiger partial charge is 0.246 e. The van der Waals surface area contributed by atoms with Crippen molar-refractivity contribution in [3.8, 4) is 0 Å². The molecule has 0 aromatic carbocycles. The minimum Gasteiger partial charge on any atom is -0.464 e. The van der Waals surface area contributed by atoms with Gasteiger partial charge in [0.1, 0.15) is 16.4 Å². The molecule has 0 amide bonds. The summed E-state index contributed by atoms with van der Waals surface area (Å²) in [6.45, 7) is 9.37. The quantitative estimate of drug-likeness (QED) is 0.891. The van der Waals surface area contributed by atoms with Gasteiger partial charge in [-0.2, -0.15) is 4.31 Å². The number of rotatable bonds is 5. The molecule has 2 rings (SSSR count). The Labute approximate surface area is 126 Å². The van der Waals surface area contributed by atoms with Gasteiger partial charge in [0.2, 0.25) is 10.0 Å². The monoisotopic (exact) mass is 316 g/mol. The van der Waals surface area contributed by atoms with Gasteiger partial charge in [-0.3, -0.25) is 0 Å². The molecule has 1 aliphatic rings. The van der Waals surface area contributed by atoms with Crippen molar-refractivity contribution in [3.63, 3.8) is 0 Å². The van der Waals surface area contributed by atoms with E-state index in [4.69, 9.17) is 9.15 Å². The molecule has 1 saturated heterocycles. The molecule has 0 radical (unpaired) electrons. The van der Waals surface area contributed by atoms with Crippen LogP contribution in [0.2, 0.25) is 0 Å². The average molecular weight is 316 g/mol. The lowest BCUT2D eigenvalue weighted by molar-refractivity contribution is 0.0392. The van der Waals surface area contributed by atoms with E-state index in [-0.39, 0.29) is 10.9 Å². The fraction of sp³-hybridized carbons (Fsp3) is 0.714. The number of aryl methyl sites for hydroxylation is 1. The highest BCUT2D eigenvalue weighted by Gasteiger charge is 2.34. The number of sulfonamides is 1. The molecule has 7 heteroatoms. The second kappa shape index (κ2) is 6.48. The van der Waals surface area contributed by atoms with E-state index in [1.54, 1.807) is 13.0 Å². The Morgan fingerprint density at radius 1 is 1.48 bits per heavy atom. The molecule has 1 fully saturated rings. The van der Waals surface area contributed by atoms with Crippen molar-refractivity contribution in [2.24, 2.45) is 0 Å². The molecule has 21 heavy (non-hydrogen) atoms. The fourth-order valence-corrected chi connectivity index (χ4v) is 4.16. The maximum Gasteiger partial charge on any atom is 0.246 e. The number of nitrogens with zero attached hydrogens (tertiary/aromatic N) is 1. The van der Waals surface area contributed by atoms with Crippen LogP contribution < -0.4 is 5.32 Å². The Hall–Kier alpha value is -0.890. The average Bonchev–Trinajstić information content (AvgIpc) is 2.79. The summed E-state index contributed by atoms with van der Waals surface area (Å²) in [5, 5.41) is 3.22. The lowest BCUT2D eigenvalue weighted by atomic mass is 10.3. The van der Waals surface area contributed by atoms with Crippen molar-refractivity contribution >= 4 is 10.0 Å². The van der Waals surface area contributed by atoms with Gasteiger partial charge in [-0.1, -0.05) is 13.8 Å². The Kier molecular flexibility index (Phi) is 5.08. The van der Waals surface area contributed by atoms with Gasteiger partial charge in [0.15, 0.2) is 0 Å². The lowest BCUT2D eigenvalue weighted by Gasteiger charge is -2.31. The van der Waals surface area contributed by atoms with Crippen LogP contribution in [0.5, 0.6) is 0 Å². The van der Waals surface area contributed by atoms with E-state index in [2.05, 4.69) is 5.32 Å². The predicted molar refractivity (Wildman–Crippen MR) is 79.6 cm³/mol. The van der Waals surface area contributed by atoms with Gasteiger partial charge in [-0.05, 0) is 13.8 Å². The van der Waals surface area contributed by atoms with E-state index in [0.717, 1.165) is 0 Å². The molecule has 1 atom stereocenters. The van der Waals surface area contributed by atoms with E-state index in [1.807, 2.05) is 20.8 Å². The first-order valence-electron chi connectivity index (χ1n) is 7.24. The molecular weight excluding hydrogens is 292 g/mol. The largest absolute Gasteiger partial charge is 0.464 e. The maximum atomic E-state index is 12.8. The highest BCUT2D eigenvalue weighted by Crippen LogP contribution is 2.26. The summed E-state index contributed by atoms with van der Waals surface area (Å²) in [7, 11) is -3.53. The van der Waals surface area contributed by atoms with Crippen LogP contribution in [0.4, 0.5) is 0 Å². The van der Waals surface area contributed by atoms with Crippen molar-refractivity contribution in [3.05, 3.63) is 17.6 Å². The zero-order chi connectivity index (χ0) is 15.6. The molecule has 0 spiro atoms. The predicted octanol–water partition coefficient (Wildman–Crippen LogP) is 1.50. The first-order chi connectivity index (χ1) is 9.82. The summed E-state index contributed by atoms with van der Waals surface area (Å²) in [4.78, 5) is 0.261. The molecule has 6 nitrogen and oxygen atoms in total. The number of furan rings is 1. The Balaban J connectivity index is 2.23. The molecular formula is C14H24N2O4S. The van der Waals surface area contributed by atoms with Crippen LogP contribution in [-0.2, 0) is 21.3 Å². The first-order valence-corrected chi connectivity index (χ1v) is 8.68. The zero-order valence-corrected chi connectivity index (χ0v) is 13.9. The van der Waals surface area contributed by atoms with Crippen molar-refractivity contribution in [1.29, 1.82) is 0 Å². The third kappa shape index (κ3) is 3.66. The Morgan fingerprint density at radius 3 is 2.81 bits per heavy atom. The van der Waals surface area contributed by atoms with Crippen molar-refractivity contribution in [2.45, 2.75) is 51.2 Å². The van der Waals surface area contributed by atoms with Gasteiger partial charge in [-0.15, -0.1) is 0 Å². The summed E-state index contributed by atoms with van der Waals surface area (Å²) >= 11 is 0. The number of hydrogen-bond acceptors (Lipinski definition) is 5. The SMILES string of the molecule is Cc1oc(CNC(C)C)cc1S(=O)(=O)N1CCOCC1C. The summed E-state index contributed by atoms with van der Waals surface area (Å²) in [5.74, 6) is 1.08. The zero-order valence-electron chi connectivity index (χ0n) is 13.0. The second-order valence-corrected chi connectivity index (χ2v) is 7.57.